The smallest absolute Gasteiger partial charge is 0.408 e. The molecule has 0 fully saturated rings. The first-order chi connectivity index (χ1) is 15.4. The highest BCUT2D eigenvalue weighted by molar-refractivity contribution is 5.92. The van der Waals surface area contributed by atoms with Crippen molar-refractivity contribution in [3.05, 3.63) is 35.4 Å². The summed E-state index contributed by atoms with van der Waals surface area (Å²) in [7, 11) is 0. The lowest BCUT2D eigenvalue weighted by Gasteiger charge is -2.36. The van der Waals surface area contributed by atoms with Gasteiger partial charge in [0.1, 0.15) is 17.7 Å². The maximum absolute atomic E-state index is 13.5. The van der Waals surface area contributed by atoms with E-state index in [2.05, 4.69) is 24.5 Å². The minimum Gasteiger partial charge on any atom is -0.444 e. The molecule has 0 radical (unpaired) electrons. The van der Waals surface area contributed by atoms with Crippen molar-refractivity contribution in [1.29, 1.82) is 0 Å². The molecule has 1 rings (SSSR count). The average molecular weight is 462 g/mol. The van der Waals surface area contributed by atoms with Crippen LogP contribution in [0, 0.1) is 0 Å². The van der Waals surface area contributed by atoms with E-state index in [9.17, 15) is 14.4 Å². The molecule has 0 saturated carbocycles. The SMILES string of the molecule is CCCCCNC(=O)C(c1ccc(CC)cc1)N(C(=O)C(C)NC(=O)OC(C)(C)C)C(C)C. The summed E-state index contributed by atoms with van der Waals surface area (Å²) in [4.78, 5) is 40.6. The van der Waals surface area contributed by atoms with Gasteiger partial charge in [-0.3, -0.25) is 9.59 Å². The number of benzene rings is 1. The zero-order valence-corrected chi connectivity index (χ0v) is 21.7. The Morgan fingerprint density at radius 3 is 2.09 bits per heavy atom. The zero-order valence-electron chi connectivity index (χ0n) is 21.7. The van der Waals surface area contributed by atoms with Crippen LogP contribution in [0.3, 0.4) is 0 Å². The number of rotatable bonds is 11. The van der Waals surface area contributed by atoms with Gasteiger partial charge in [0, 0.05) is 12.6 Å². The maximum Gasteiger partial charge on any atom is 0.408 e. The van der Waals surface area contributed by atoms with Crippen molar-refractivity contribution in [2.24, 2.45) is 0 Å². The number of aryl methyl sites for hydroxylation is 1. The summed E-state index contributed by atoms with van der Waals surface area (Å²) < 4.78 is 5.29. The maximum atomic E-state index is 13.5. The number of amides is 3. The zero-order chi connectivity index (χ0) is 25.2. The summed E-state index contributed by atoms with van der Waals surface area (Å²) >= 11 is 0. The average Bonchev–Trinajstić information content (AvgIpc) is 2.72. The van der Waals surface area contributed by atoms with E-state index in [4.69, 9.17) is 4.74 Å². The predicted octanol–water partition coefficient (Wildman–Crippen LogP) is 4.75. The molecule has 33 heavy (non-hydrogen) atoms. The van der Waals surface area contributed by atoms with Crippen molar-refractivity contribution in [1.82, 2.24) is 15.5 Å². The normalized spacial score (nSPS) is 13.2. The number of alkyl carbamates (subject to hydrolysis) is 1. The third-order valence-electron chi connectivity index (χ3n) is 5.22. The Kier molecular flexibility index (Phi) is 11.4. The fourth-order valence-corrected chi connectivity index (χ4v) is 3.51. The standard InChI is InChI=1S/C26H43N3O4/c1-9-11-12-17-27-23(30)22(21-15-13-20(10-2)14-16-21)29(18(3)4)24(31)19(5)28-25(32)33-26(6,7)8/h13-16,18-19,22H,9-12,17H2,1-8H3,(H,27,30)(H,28,32). The van der Waals surface area contributed by atoms with Crippen molar-refractivity contribution < 1.29 is 19.1 Å². The molecule has 7 nitrogen and oxygen atoms in total. The highest BCUT2D eigenvalue weighted by atomic mass is 16.6. The molecule has 0 aliphatic rings. The molecule has 1 aromatic carbocycles. The summed E-state index contributed by atoms with van der Waals surface area (Å²) in [6.45, 7) is 15.4. The van der Waals surface area contributed by atoms with Gasteiger partial charge in [-0.05, 0) is 65.5 Å². The first-order valence-electron chi connectivity index (χ1n) is 12.1. The first-order valence-corrected chi connectivity index (χ1v) is 12.1. The van der Waals surface area contributed by atoms with E-state index >= 15 is 0 Å². The Balaban J connectivity index is 3.20. The van der Waals surface area contributed by atoms with Crippen LogP contribution in [0.2, 0.25) is 0 Å². The lowest BCUT2D eigenvalue weighted by molar-refractivity contribution is -0.144. The van der Waals surface area contributed by atoms with Crippen LogP contribution >= 0.6 is 0 Å². The van der Waals surface area contributed by atoms with Crippen LogP contribution < -0.4 is 10.6 Å². The Bertz CT molecular complexity index is 769. The van der Waals surface area contributed by atoms with Gasteiger partial charge >= 0.3 is 6.09 Å². The first kappa shape index (κ1) is 28.5. The summed E-state index contributed by atoms with van der Waals surface area (Å²) in [6, 6.07) is 5.86. The molecule has 0 heterocycles. The second-order valence-electron chi connectivity index (χ2n) is 9.70. The number of hydrogen-bond donors (Lipinski definition) is 2. The number of carbonyl (C=O) groups is 3. The number of unbranched alkanes of at least 4 members (excludes halogenated alkanes) is 2. The molecule has 0 aliphatic carbocycles. The van der Waals surface area contributed by atoms with Gasteiger partial charge in [-0.1, -0.05) is 51.0 Å². The van der Waals surface area contributed by atoms with Crippen LogP contribution in [-0.2, 0) is 20.7 Å². The second kappa shape index (κ2) is 13.2. The number of hydrogen-bond acceptors (Lipinski definition) is 4. The Morgan fingerprint density at radius 1 is 1.00 bits per heavy atom. The van der Waals surface area contributed by atoms with Gasteiger partial charge in [0.25, 0.3) is 0 Å². The molecule has 2 unspecified atom stereocenters. The van der Waals surface area contributed by atoms with Crippen molar-refractivity contribution in [3.8, 4) is 0 Å². The molecule has 0 saturated heterocycles. The molecule has 3 amide bonds. The highest BCUT2D eigenvalue weighted by Gasteiger charge is 2.36. The minimum atomic E-state index is -0.854. The molecule has 0 bridgehead atoms. The number of nitrogens with one attached hydrogen (secondary N) is 2. The molecule has 0 aromatic heterocycles. The number of nitrogens with zero attached hydrogens (tertiary/aromatic N) is 1. The van der Waals surface area contributed by atoms with E-state index in [1.165, 1.54) is 0 Å². The molecule has 1 aromatic rings. The van der Waals surface area contributed by atoms with Gasteiger partial charge in [-0.15, -0.1) is 0 Å². The van der Waals surface area contributed by atoms with Crippen LogP contribution in [0.4, 0.5) is 4.79 Å². The van der Waals surface area contributed by atoms with E-state index in [1.807, 2.05) is 38.1 Å². The van der Waals surface area contributed by atoms with Gasteiger partial charge in [0.15, 0.2) is 0 Å². The van der Waals surface area contributed by atoms with Gasteiger partial charge < -0.3 is 20.3 Å². The Labute approximate surface area is 199 Å². The molecule has 0 aliphatic heterocycles. The highest BCUT2D eigenvalue weighted by Crippen LogP contribution is 2.25. The van der Waals surface area contributed by atoms with Crippen LogP contribution in [0.5, 0.6) is 0 Å². The Morgan fingerprint density at radius 2 is 1.61 bits per heavy atom. The van der Waals surface area contributed by atoms with E-state index in [0.29, 0.717) is 6.54 Å². The monoisotopic (exact) mass is 461 g/mol. The fourth-order valence-electron chi connectivity index (χ4n) is 3.51. The molecule has 7 heteroatoms. The summed E-state index contributed by atoms with van der Waals surface area (Å²) in [6.07, 6.45) is 3.19. The van der Waals surface area contributed by atoms with Gasteiger partial charge in [0.2, 0.25) is 11.8 Å². The number of carbonyl (C=O) groups excluding carboxylic acids is 3. The third-order valence-corrected chi connectivity index (χ3v) is 5.22. The topological polar surface area (TPSA) is 87.7 Å². The molecule has 0 spiro atoms. The van der Waals surface area contributed by atoms with Crippen molar-refractivity contribution in [2.45, 2.75) is 105 Å². The summed E-state index contributed by atoms with van der Waals surface area (Å²) in [5.41, 5.74) is 1.22. The Hall–Kier alpha value is -2.57. The van der Waals surface area contributed by atoms with Crippen molar-refractivity contribution >= 4 is 17.9 Å². The minimum absolute atomic E-state index is 0.220. The molecule has 186 valence electrons. The van der Waals surface area contributed by atoms with Crippen LogP contribution in [0.25, 0.3) is 0 Å². The quantitative estimate of drug-likeness (QED) is 0.466. The second-order valence-corrected chi connectivity index (χ2v) is 9.70. The lowest BCUT2D eigenvalue weighted by atomic mass is 9.99. The summed E-state index contributed by atoms with van der Waals surface area (Å²) in [5, 5.41) is 5.61. The molecule has 2 atom stereocenters. The molecule has 2 N–H and O–H groups in total. The van der Waals surface area contributed by atoms with Crippen LogP contribution in [0.1, 0.15) is 91.8 Å². The third kappa shape index (κ3) is 9.44. The van der Waals surface area contributed by atoms with Crippen molar-refractivity contribution in [3.63, 3.8) is 0 Å². The van der Waals surface area contributed by atoms with Gasteiger partial charge in [-0.25, -0.2) is 4.79 Å². The summed E-state index contributed by atoms with van der Waals surface area (Å²) in [5.74, 6) is -0.564. The fraction of sp³-hybridized carbons (Fsp3) is 0.654. The molecular formula is C26H43N3O4. The van der Waals surface area contributed by atoms with Crippen LogP contribution in [0.15, 0.2) is 24.3 Å². The molecular weight excluding hydrogens is 418 g/mol. The van der Waals surface area contributed by atoms with E-state index < -0.39 is 23.8 Å². The van der Waals surface area contributed by atoms with Crippen molar-refractivity contribution in [2.75, 3.05) is 6.54 Å². The van der Waals surface area contributed by atoms with Gasteiger partial charge in [0.05, 0.1) is 0 Å². The number of ether oxygens (including phenoxy) is 1. The van der Waals surface area contributed by atoms with E-state index in [1.54, 1.807) is 32.6 Å². The van der Waals surface area contributed by atoms with Crippen LogP contribution in [-0.4, -0.2) is 47.0 Å². The lowest BCUT2D eigenvalue weighted by Crippen LogP contribution is -2.54. The predicted molar refractivity (Wildman–Crippen MR) is 132 cm³/mol. The van der Waals surface area contributed by atoms with E-state index in [-0.39, 0.29) is 17.9 Å². The largest absolute Gasteiger partial charge is 0.444 e. The van der Waals surface area contributed by atoms with E-state index in [0.717, 1.165) is 36.8 Å². The van der Waals surface area contributed by atoms with Gasteiger partial charge in [-0.2, -0.15) is 0 Å².